The molecule has 26 heavy (non-hydrogen) atoms. The average molecular weight is 355 g/mol. The highest BCUT2D eigenvalue weighted by Gasteiger charge is 2.14. The van der Waals surface area contributed by atoms with Crippen LogP contribution >= 0.6 is 0 Å². The molecule has 1 aromatic heterocycles. The molecule has 1 fully saturated rings. The lowest BCUT2D eigenvalue weighted by molar-refractivity contribution is 0.0941. The minimum Gasteiger partial charge on any atom is -0.493 e. The van der Waals surface area contributed by atoms with Crippen LogP contribution in [0.15, 0.2) is 30.3 Å². The fourth-order valence-electron chi connectivity index (χ4n) is 3.50. The number of benzene rings is 1. The predicted molar refractivity (Wildman–Crippen MR) is 102 cm³/mol. The van der Waals surface area contributed by atoms with Gasteiger partial charge in [0.05, 0.1) is 12.3 Å². The number of amides is 1. The van der Waals surface area contributed by atoms with Gasteiger partial charge in [0.25, 0.3) is 5.91 Å². The lowest BCUT2D eigenvalue weighted by atomic mass is 9.90. The van der Waals surface area contributed by atoms with Crippen LogP contribution in [0.1, 0.15) is 60.8 Å². The summed E-state index contributed by atoms with van der Waals surface area (Å²) in [7, 11) is 1.80. The fourth-order valence-corrected chi connectivity index (χ4v) is 3.50. The predicted octanol–water partition coefficient (Wildman–Crippen LogP) is 3.87. The van der Waals surface area contributed by atoms with Crippen LogP contribution in [0.3, 0.4) is 0 Å². The molecule has 3 rings (SSSR count). The second-order valence-electron chi connectivity index (χ2n) is 7.14. The third-order valence-corrected chi connectivity index (χ3v) is 5.09. The highest BCUT2D eigenvalue weighted by atomic mass is 16.5. The van der Waals surface area contributed by atoms with Crippen LogP contribution in [-0.2, 0) is 20.0 Å². The molecule has 1 saturated carbocycles. The van der Waals surface area contributed by atoms with Crippen molar-refractivity contribution in [3.8, 4) is 5.75 Å². The third-order valence-electron chi connectivity index (χ3n) is 5.09. The number of hydrogen-bond acceptors (Lipinski definition) is 3. The van der Waals surface area contributed by atoms with Crippen molar-refractivity contribution in [2.45, 2.75) is 52.0 Å². The molecule has 1 amide bonds. The van der Waals surface area contributed by atoms with Gasteiger partial charge in [-0.2, -0.15) is 5.10 Å². The Bertz CT molecular complexity index is 733. The van der Waals surface area contributed by atoms with Gasteiger partial charge in [0.1, 0.15) is 11.4 Å². The smallest absolute Gasteiger partial charge is 0.269 e. The number of carbonyl (C=O) groups excluding carboxylic acids is 1. The molecule has 0 aliphatic heterocycles. The van der Waals surface area contributed by atoms with Crippen LogP contribution < -0.4 is 10.1 Å². The molecule has 0 bridgehead atoms. The van der Waals surface area contributed by atoms with Crippen LogP contribution in [0, 0.1) is 5.92 Å². The van der Waals surface area contributed by atoms with Gasteiger partial charge in [0.2, 0.25) is 0 Å². The first-order valence-electron chi connectivity index (χ1n) is 9.68. The van der Waals surface area contributed by atoms with Crippen molar-refractivity contribution in [2.24, 2.45) is 13.0 Å². The number of rotatable bonds is 7. The lowest BCUT2D eigenvalue weighted by Gasteiger charge is -2.21. The highest BCUT2D eigenvalue weighted by Crippen LogP contribution is 2.24. The molecule has 0 radical (unpaired) electrons. The summed E-state index contributed by atoms with van der Waals surface area (Å²) in [5.74, 6) is 1.47. The molecule has 1 aliphatic rings. The van der Waals surface area contributed by atoms with Crippen molar-refractivity contribution in [2.75, 3.05) is 6.61 Å². The third kappa shape index (κ3) is 4.87. The molecular weight excluding hydrogens is 326 g/mol. The molecule has 1 aliphatic carbocycles. The van der Waals surface area contributed by atoms with E-state index in [1.54, 1.807) is 11.7 Å². The van der Waals surface area contributed by atoms with Crippen LogP contribution in [-0.4, -0.2) is 22.3 Å². The van der Waals surface area contributed by atoms with Crippen LogP contribution in [0.25, 0.3) is 0 Å². The molecule has 0 atom stereocenters. The molecule has 5 heteroatoms. The molecule has 1 heterocycles. The molecule has 2 aromatic rings. The van der Waals surface area contributed by atoms with E-state index in [4.69, 9.17) is 4.74 Å². The van der Waals surface area contributed by atoms with Gasteiger partial charge in [-0.05, 0) is 48.9 Å². The van der Waals surface area contributed by atoms with Gasteiger partial charge in [-0.3, -0.25) is 9.48 Å². The monoisotopic (exact) mass is 355 g/mol. The Morgan fingerprint density at radius 1 is 1.27 bits per heavy atom. The molecule has 1 aromatic carbocycles. The van der Waals surface area contributed by atoms with Crippen molar-refractivity contribution in [1.29, 1.82) is 0 Å². The highest BCUT2D eigenvalue weighted by molar-refractivity contribution is 5.92. The maximum absolute atomic E-state index is 12.4. The summed E-state index contributed by atoms with van der Waals surface area (Å²) in [5, 5.41) is 7.29. The van der Waals surface area contributed by atoms with E-state index in [1.807, 2.05) is 37.3 Å². The van der Waals surface area contributed by atoms with E-state index < -0.39 is 0 Å². The summed E-state index contributed by atoms with van der Waals surface area (Å²) in [4.78, 5) is 12.4. The summed E-state index contributed by atoms with van der Waals surface area (Å²) in [6.45, 7) is 3.31. The van der Waals surface area contributed by atoms with Crippen LogP contribution in [0.4, 0.5) is 0 Å². The fraction of sp³-hybridized carbons (Fsp3) is 0.524. The van der Waals surface area contributed by atoms with Gasteiger partial charge in [-0.1, -0.05) is 38.3 Å². The molecule has 0 unspecified atom stereocenters. The Balaban J connectivity index is 1.53. The number of aryl methyl sites for hydroxylation is 2. The van der Waals surface area contributed by atoms with Gasteiger partial charge >= 0.3 is 0 Å². The Hall–Kier alpha value is -2.30. The van der Waals surface area contributed by atoms with Crippen LogP contribution in [0.5, 0.6) is 5.75 Å². The number of ether oxygens (including phenoxy) is 1. The molecule has 0 saturated heterocycles. The molecular formula is C21H29N3O2. The van der Waals surface area contributed by atoms with Gasteiger partial charge < -0.3 is 10.1 Å². The van der Waals surface area contributed by atoms with E-state index in [-0.39, 0.29) is 5.91 Å². The zero-order valence-corrected chi connectivity index (χ0v) is 15.8. The maximum atomic E-state index is 12.4. The zero-order chi connectivity index (χ0) is 18.4. The van der Waals surface area contributed by atoms with Gasteiger partial charge in [0, 0.05) is 13.6 Å². The lowest BCUT2D eigenvalue weighted by Crippen LogP contribution is -2.25. The summed E-state index contributed by atoms with van der Waals surface area (Å²) < 4.78 is 7.62. The number of hydrogen-bond donors (Lipinski definition) is 1. The van der Waals surface area contributed by atoms with Crippen molar-refractivity contribution in [3.05, 3.63) is 47.3 Å². The summed E-state index contributed by atoms with van der Waals surface area (Å²) in [6, 6.07) is 9.84. The van der Waals surface area contributed by atoms with Crippen molar-refractivity contribution < 1.29 is 9.53 Å². The normalized spacial score (nSPS) is 15.0. The minimum atomic E-state index is -0.103. The van der Waals surface area contributed by atoms with E-state index >= 15 is 0 Å². The second-order valence-corrected chi connectivity index (χ2v) is 7.14. The first kappa shape index (κ1) is 18.5. The first-order valence-corrected chi connectivity index (χ1v) is 9.68. The molecule has 5 nitrogen and oxygen atoms in total. The van der Waals surface area contributed by atoms with Crippen LogP contribution in [0.2, 0.25) is 0 Å². The van der Waals surface area contributed by atoms with Crippen molar-refractivity contribution in [1.82, 2.24) is 15.1 Å². The maximum Gasteiger partial charge on any atom is 0.269 e. The van der Waals surface area contributed by atoms with E-state index in [1.165, 1.54) is 32.1 Å². The Labute approximate surface area is 155 Å². The summed E-state index contributed by atoms with van der Waals surface area (Å²) in [6.07, 6.45) is 7.39. The Morgan fingerprint density at radius 3 is 2.81 bits per heavy atom. The zero-order valence-electron chi connectivity index (χ0n) is 15.8. The molecule has 0 spiro atoms. The van der Waals surface area contributed by atoms with E-state index in [9.17, 15) is 4.79 Å². The number of nitrogens with zero attached hydrogens (tertiary/aromatic N) is 2. The standard InChI is InChI=1S/C21H29N3O2/c1-3-18-13-20(24(2)23-18)21(25)22-14-17-10-7-11-19(12-17)26-15-16-8-5-4-6-9-16/h7,10-13,16H,3-6,8-9,14-15H2,1-2H3,(H,22,25). The molecule has 1 N–H and O–H groups in total. The quantitative estimate of drug-likeness (QED) is 0.820. The Morgan fingerprint density at radius 2 is 2.08 bits per heavy atom. The van der Waals surface area contributed by atoms with Crippen molar-refractivity contribution in [3.63, 3.8) is 0 Å². The summed E-state index contributed by atoms with van der Waals surface area (Å²) in [5.41, 5.74) is 2.56. The number of aromatic nitrogens is 2. The van der Waals surface area contributed by atoms with Gasteiger partial charge in [0.15, 0.2) is 0 Å². The summed E-state index contributed by atoms with van der Waals surface area (Å²) >= 11 is 0. The minimum absolute atomic E-state index is 0.103. The largest absolute Gasteiger partial charge is 0.493 e. The first-order chi connectivity index (χ1) is 12.7. The van der Waals surface area contributed by atoms with Crippen molar-refractivity contribution >= 4 is 5.91 Å². The van der Waals surface area contributed by atoms with E-state index in [0.717, 1.165) is 30.0 Å². The van der Waals surface area contributed by atoms with Gasteiger partial charge in [-0.15, -0.1) is 0 Å². The number of carbonyl (C=O) groups is 1. The number of nitrogens with one attached hydrogen (secondary N) is 1. The average Bonchev–Trinajstić information content (AvgIpc) is 3.06. The topological polar surface area (TPSA) is 56.1 Å². The second kappa shape index (κ2) is 8.88. The van der Waals surface area contributed by atoms with Gasteiger partial charge in [-0.25, -0.2) is 0 Å². The molecule has 140 valence electrons. The Kier molecular flexibility index (Phi) is 6.31. The SMILES string of the molecule is CCc1cc(C(=O)NCc2cccc(OCC3CCCCC3)c2)n(C)n1. The van der Waals surface area contributed by atoms with E-state index in [2.05, 4.69) is 10.4 Å². The van der Waals surface area contributed by atoms with E-state index in [0.29, 0.717) is 18.2 Å².